The molecule has 6 fully saturated rings. The number of carbonyl (C=O) groups is 5. The van der Waals surface area contributed by atoms with Crippen molar-refractivity contribution in [2.24, 2.45) is 0 Å². The number of benzene rings is 1. The summed E-state index contributed by atoms with van der Waals surface area (Å²) in [7, 11) is 0. The standard InChI is InChI=1S/C49H62O18/c1-22-30(50)9-13-37(60-22)64-33-11-15-39(62-24(33)3)66-46-26(5)59-35(19-32(46)52)27-7-8-28-41(43(27)54)44(55)29-17-18-48(57)21-47(6,20-36(53)49(48,58)42(29)45(28)56)67-40-16-12-34(25(4)63-40)65-38-14-10-31(51)23(2)61-38/h7-8,17-18,22-26,32-35,37-40,46,52,54,57-58H,9-16,19-21H2,1-6H3/t22-,23-,24-,25-,26+,32+,33-,34-,35+,37-,38-,39-,40-,46+,47-,48-,49-/m0/s1. The third-order valence-corrected chi connectivity index (χ3v) is 14.9. The van der Waals surface area contributed by atoms with Crippen molar-refractivity contribution >= 4 is 28.9 Å². The van der Waals surface area contributed by atoms with Gasteiger partial charge in [-0.05, 0) is 66.5 Å². The molecule has 17 atom stereocenters. The molecule has 67 heavy (non-hydrogen) atoms. The second-order valence-corrected chi connectivity index (χ2v) is 19.9. The van der Waals surface area contributed by atoms with Crippen LogP contribution in [0.25, 0.3) is 0 Å². The lowest BCUT2D eigenvalue weighted by Crippen LogP contribution is -2.69. The van der Waals surface area contributed by atoms with E-state index in [1.165, 1.54) is 18.2 Å². The van der Waals surface area contributed by atoms with E-state index in [9.17, 15) is 44.4 Å². The number of hydrogen-bond acceptors (Lipinski definition) is 18. The van der Waals surface area contributed by atoms with Crippen molar-refractivity contribution < 1.29 is 87.0 Å². The van der Waals surface area contributed by atoms with Gasteiger partial charge in [0, 0.05) is 74.5 Å². The van der Waals surface area contributed by atoms with Gasteiger partial charge in [-0.3, -0.25) is 24.0 Å². The van der Waals surface area contributed by atoms with Crippen LogP contribution in [-0.2, 0) is 57.0 Å². The van der Waals surface area contributed by atoms with E-state index in [-0.39, 0.29) is 65.0 Å². The van der Waals surface area contributed by atoms with Crippen LogP contribution < -0.4 is 0 Å². The number of hydrogen-bond donors (Lipinski definition) is 4. The summed E-state index contributed by atoms with van der Waals surface area (Å²) < 4.78 is 54.9. The normalized spacial score (nSPS) is 43.7. The Labute approximate surface area is 388 Å². The molecule has 0 bridgehead atoms. The van der Waals surface area contributed by atoms with Crippen LogP contribution in [0, 0.1) is 0 Å². The quantitative estimate of drug-likeness (QED) is 0.275. The van der Waals surface area contributed by atoms with Crippen molar-refractivity contribution in [3.8, 4) is 5.75 Å². The van der Waals surface area contributed by atoms with E-state index in [2.05, 4.69) is 0 Å². The van der Waals surface area contributed by atoms with Crippen LogP contribution in [0.15, 0.2) is 35.4 Å². The summed E-state index contributed by atoms with van der Waals surface area (Å²) >= 11 is 0. The molecular formula is C49H62O18. The van der Waals surface area contributed by atoms with Crippen molar-refractivity contribution in [3.05, 3.63) is 52.1 Å². The summed E-state index contributed by atoms with van der Waals surface area (Å²) in [5, 5.41) is 47.6. The maximum Gasteiger partial charge on any atom is 0.198 e. The van der Waals surface area contributed by atoms with Gasteiger partial charge in [0.2, 0.25) is 0 Å². The lowest BCUT2D eigenvalue weighted by atomic mass is 9.57. The molecule has 0 radical (unpaired) electrons. The highest BCUT2D eigenvalue weighted by Gasteiger charge is 2.67. The Morgan fingerprint density at radius 2 is 1.27 bits per heavy atom. The van der Waals surface area contributed by atoms with Gasteiger partial charge >= 0.3 is 0 Å². The summed E-state index contributed by atoms with van der Waals surface area (Å²) in [5.41, 5.74) is -7.98. The molecule has 1 aromatic carbocycles. The van der Waals surface area contributed by atoms with E-state index >= 15 is 0 Å². The van der Waals surface area contributed by atoms with Crippen molar-refractivity contribution in [2.45, 2.75) is 215 Å². The lowest BCUT2D eigenvalue weighted by molar-refractivity contribution is -0.298. The van der Waals surface area contributed by atoms with Gasteiger partial charge in [-0.1, -0.05) is 12.1 Å². The predicted molar refractivity (Wildman–Crippen MR) is 229 cm³/mol. The molecule has 5 aliphatic heterocycles. The van der Waals surface area contributed by atoms with E-state index in [0.29, 0.717) is 51.4 Å². The molecule has 5 saturated heterocycles. The second kappa shape index (κ2) is 18.3. The zero-order valence-corrected chi connectivity index (χ0v) is 38.7. The number of Topliss-reactive ketones (excluding diaryl/α,β-unsaturated/α-hetero) is 5. The van der Waals surface area contributed by atoms with Crippen molar-refractivity contribution in [1.82, 2.24) is 0 Å². The number of aliphatic hydroxyl groups is 3. The first-order chi connectivity index (χ1) is 31.7. The molecule has 9 rings (SSSR count). The highest BCUT2D eigenvalue weighted by molar-refractivity contribution is 6.32. The Bertz CT molecular complexity index is 2230. The first-order valence-electron chi connectivity index (χ1n) is 23.7. The number of phenolic OH excluding ortho intramolecular Hbond substituents is 1. The zero-order chi connectivity index (χ0) is 47.9. The van der Waals surface area contributed by atoms with Crippen LogP contribution >= 0.6 is 0 Å². The first kappa shape index (κ1) is 48.4. The molecule has 18 heteroatoms. The molecule has 0 amide bonds. The number of allylic oxidation sites excluding steroid dienone is 2. The van der Waals surface area contributed by atoms with Crippen molar-refractivity contribution in [1.29, 1.82) is 0 Å². The summed E-state index contributed by atoms with van der Waals surface area (Å²) in [4.78, 5) is 66.7. The minimum Gasteiger partial charge on any atom is -0.507 e. The number of phenols is 1. The topological polar surface area (TPSA) is 249 Å². The maximum absolute atomic E-state index is 14.4. The molecule has 0 unspecified atom stereocenters. The lowest BCUT2D eigenvalue weighted by Gasteiger charge is -2.53. The highest BCUT2D eigenvalue weighted by Crippen LogP contribution is 2.53. The van der Waals surface area contributed by atoms with Crippen LogP contribution in [-0.4, -0.2) is 146 Å². The number of ketones is 5. The van der Waals surface area contributed by atoms with Crippen LogP contribution in [0.4, 0.5) is 0 Å². The van der Waals surface area contributed by atoms with Gasteiger partial charge in [0.05, 0.1) is 59.5 Å². The van der Waals surface area contributed by atoms with Gasteiger partial charge in [-0.2, -0.15) is 0 Å². The fourth-order valence-electron chi connectivity index (χ4n) is 11.2. The molecule has 3 aliphatic carbocycles. The van der Waals surface area contributed by atoms with Gasteiger partial charge in [-0.15, -0.1) is 0 Å². The van der Waals surface area contributed by atoms with Crippen molar-refractivity contribution in [3.63, 3.8) is 0 Å². The van der Waals surface area contributed by atoms with Crippen molar-refractivity contribution in [2.75, 3.05) is 0 Å². The number of carbonyl (C=O) groups excluding carboxylic acids is 5. The minimum atomic E-state index is -2.82. The minimum absolute atomic E-state index is 0.0256. The number of fused-ring (bicyclic) bond motifs is 3. The number of aliphatic hydroxyl groups excluding tert-OH is 1. The van der Waals surface area contributed by atoms with E-state index in [1.807, 2.05) is 13.8 Å². The first-order valence-corrected chi connectivity index (χ1v) is 23.7. The summed E-state index contributed by atoms with van der Waals surface area (Å²) in [6.45, 7) is 10.4. The molecule has 1 aromatic rings. The Hall–Kier alpha value is -3.63. The van der Waals surface area contributed by atoms with Crippen LogP contribution in [0.1, 0.15) is 145 Å². The van der Waals surface area contributed by atoms with Gasteiger partial charge in [0.15, 0.2) is 59.7 Å². The number of aromatic hydroxyl groups is 1. The monoisotopic (exact) mass is 938 g/mol. The molecule has 5 heterocycles. The molecule has 0 aromatic heterocycles. The third-order valence-electron chi connectivity index (χ3n) is 14.9. The van der Waals surface area contributed by atoms with Gasteiger partial charge in [-0.25, -0.2) is 0 Å². The summed E-state index contributed by atoms with van der Waals surface area (Å²) in [6.07, 6.45) is -3.45. The molecule has 1 saturated carbocycles. The molecule has 4 N–H and O–H groups in total. The zero-order valence-electron chi connectivity index (χ0n) is 38.7. The average Bonchev–Trinajstić information content (AvgIpc) is 3.26. The Kier molecular flexibility index (Phi) is 13.2. The van der Waals surface area contributed by atoms with E-state index in [1.54, 1.807) is 27.7 Å². The predicted octanol–water partition coefficient (Wildman–Crippen LogP) is 3.84. The SMILES string of the molecule is C[C@@H]1O[C@@H](O[C@H]2CC[C@H](O[C@H]3[C@H](O)C[C@H](c4ccc5c(c4O)C(=O)C4=C(C5=O)[C@@]5(O)C(=O)C[C@](C)(O[C@H]6CC[C@H](O[C@H]7CCC(=O)[C@H](C)O7)[C@H](C)O6)C[C@@]5(O)C=C4)O[C@@H]3C)O[C@H]2C)CCC1=O. The van der Waals surface area contributed by atoms with Gasteiger partial charge in [0.1, 0.15) is 29.7 Å². The maximum atomic E-state index is 14.4. The average molecular weight is 939 g/mol. The summed E-state index contributed by atoms with van der Waals surface area (Å²) in [6, 6.07) is 2.71. The third kappa shape index (κ3) is 8.84. The molecule has 366 valence electrons. The molecule has 18 nitrogen and oxygen atoms in total. The Morgan fingerprint density at radius 3 is 1.85 bits per heavy atom. The number of ether oxygens (including phenoxy) is 9. The Balaban J connectivity index is 0.838. The fraction of sp³-hybridized carbons (Fsp3) is 0.694. The fourth-order valence-corrected chi connectivity index (χ4v) is 11.2. The van der Waals surface area contributed by atoms with E-state index in [0.717, 1.165) is 6.08 Å². The second-order valence-electron chi connectivity index (χ2n) is 19.9. The van der Waals surface area contributed by atoms with Gasteiger partial charge in [0.25, 0.3) is 0 Å². The highest BCUT2D eigenvalue weighted by atomic mass is 16.7. The largest absolute Gasteiger partial charge is 0.507 e. The molecular weight excluding hydrogens is 877 g/mol. The summed E-state index contributed by atoms with van der Waals surface area (Å²) in [5.74, 6) is -3.17. The number of rotatable bonds is 9. The van der Waals surface area contributed by atoms with Crippen LogP contribution in [0.5, 0.6) is 5.75 Å². The van der Waals surface area contributed by atoms with E-state index in [4.69, 9.17) is 42.6 Å². The Morgan fingerprint density at radius 1 is 0.687 bits per heavy atom. The van der Waals surface area contributed by atoms with Crippen LogP contribution in [0.3, 0.4) is 0 Å². The van der Waals surface area contributed by atoms with Gasteiger partial charge < -0.3 is 63.1 Å². The smallest absolute Gasteiger partial charge is 0.198 e. The van der Waals surface area contributed by atoms with E-state index < -0.39 is 120 Å². The molecule has 8 aliphatic rings. The molecule has 0 spiro atoms. The van der Waals surface area contributed by atoms with Crippen LogP contribution in [0.2, 0.25) is 0 Å².